The van der Waals surface area contributed by atoms with E-state index in [0.717, 1.165) is 0 Å². The van der Waals surface area contributed by atoms with Crippen LogP contribution in [0.4, 0.5) is 5.82 Å². The summed E-state index contributed by atoms with van der Waals surface area (Å²) in [7, 11) is -2.45. The SMILES string of the molecule is COc1ccc(Cl)c(Oc2c(COCCCO)ncnc2NS(=O)(=O)c2ccccc2)c1. The van der Waals surface area contributed by atoms with Gasteiger partial charge in [0.15, 0.2) is 11.6 Å². The minimum absolute atomic E-state index is 0.000491. The first-order valence-electron chi connectivity index (χ1n) is 9.56. The van der Waals surface area contributed by atoms with Crippen molar-refractivity contribution in [3.8, 4) is 17.2 Å². The second kappa shape index (κ2) is 11.1. The van der Waals surface area contributed by atoms with E-state index in [1.807, 2.05) is 0 Å². The largest absolute Gasteiger partial charge is 0.497 e. The van der Waals surface area contributed by atoms with Crippen LogP contribution >= 0.6 is 11.6 Å². The first-order valence-corrected chi connectivity index (χ1v) is 11.4. The molecule has 0 radical (unpaired) electrons. The summed E-state index contributed by atoms with van der Waals surface area (Å²) in [4.78, 5) is 8.30. The molecule has 0 aliphatic heterocycles. The fourth-order valence-corrected chi connectivity index (χ4v) is 3.80. The van der Waals surface area contributed by atoms with Gasteiger partial charge in [0.1, 0.15) is 23.5 Å². The number of anilines is 1. The Kier molecular flexibility index (Phi) is 8.23. The van der Waals surface area contributed by atoms with E-state index in [2.05, 4.69) is 14.7 Å². The third kappa shape index (κ3) is 6.07. The van der Waals surface area contributed by atoms with Crippen molar-refractivity contribution in [2.24, 2.45) is 0 Å². The molecule has 1 heterocycles. The summed E-state index contributed by atoms with van der Waals surface area (Å²) in [6.45, 7) is 0.263. The molecule has 170 valence electrons. The van der Waals surface area contributed by atoms with Crippen LogP contribution in [-0.2, 0) is 21.4 Å². The molecule has 0 aliphatic rings. The second-order valence-corrected chi connectivity index (χ2v) is 8.53. The summed E-state index contributed by atoms with van der Waals surface area (Å²) < 4.78 is 44.8. The Hall–Kier alpha value is -2.92. The molecular formula is C21H22ClN3O6S. The number of aliphatic hydroxyl groups excluding tert-OH is 1. The van der Waals surface area contributed by atoms with Crippen molar-refractivity contribution in [3.05, 3.63) is 65.6 Å². The quantitative estimate of drug-likeness (QED) is 0.400. The van der Waals surface area contributed by atoms with Gasteiger partial charge in [0.05, 0.1) is 23.6 Å². The standard InChI is InChI=1S/C21H22ClN3O6S/c1-29-15-8-9-17(22)19(12-15)31-20-18(13-30-11-5-10-26)23-14-24-21(20)25-32(27,28)16-6-3-2-4-7-16/h2-4,6-9,12,14,26H,5,10-11,13H2,1H3,(H,23,24,25). The summed E-state index contributed by atoms with van der Waals surface area (Å²) in [5, 5.41) is 9.22. The van der Waals surface area contributed by atoms with Gasteiger partial charge in [-0.15, -0.1) is 0 Å². The lowest BCUT2D eigenvalue weighted by Gasteiger charge is -2.16. The van der Waals surface area contributed by atoms with Gasteiger partial charge in [-0.25, -0.2) is 18.4 Å². The monoisotopic (exact) mass is 479 g/mol. The van der Waals surface area contributed by atoms with E-state index in [9.17, 15) is 8.42 Å². The molecule has 0 aliphatic carbocycles. The number of sulfonamides is 1. The number of nitrogens with zero attached hydrogens (tertiary/aromatic N) is 2. The zero-order chi connectivity index (χ0) is 23.0. The number of nitrogens with one attached hydrogen (secondary N) is 1. The Bertz CT molecular complexity index is 1150. The first kappa shape index (κ1) is 23.7. The maximum atomic E-state index is 12.9. The highest BCUT2D eigenvalue weighted by molar-refractivity contribution is 7.92. The van der Waals surface area contributed by atoms with Gasteiger partial charge < -0.3 is 19.3 Å². The Morgan fingerprint density at radius 1 is 1.12 bits per heavy atom. The number of rotatable bonds is 11. The third-order valence-electron chi connectivity index (χ3n) is 4.20. The Morgan fingerprint density at radius 2 is 1.91 bits per heavy atom. The van der Waals surface area contributed by atoms with Crippen molar-refractivity contribution in [2.45, 2.75) is 17.9 Å². The summed E-state index contributed by atoms with van der Waals surface area (Å²) in [5.41, 5.74) is 0.294. The van der Waals surface area contributed by atoms with Crippen LogP contribution < -0.4 is 14.2 Å². The van der Waals surface area contributed by atoms with Crippen molar-refractivity contribution >= 4 is 27.4 Å². The van der Waals surface area contributed by atoms with Crippen molar-refractivity contribution in [2.75, 3.05) is 25.0 Å². The highest BCUT2D eigenvalue weighted by Crippen LogP contribution is 2.37. The molecule has 0 bridgehead atoms. The van der Waals surface area contributed by atoms with Crippen LogP contribution in [0, 0.1) is 0 Å². The van der Waals surface area contributed by atoms with Crippen LogP contribution in [0.25, 0.3) is 0 Å². The Morgan fingerprint density at radius 3 is 2.62 bits per heavy atom. The molecule has 2 N–H and O–H groups in total. The number of ether oxygens (including phenoxy) is 3. The van der Waals surface area contributed by atoms with Crippen molar-refractivity contribution in [3.63, 3.8) is 0 Å². The predicted molar refractivity (Wildman–Crippen MR) is 119 cm³/mol. The topological polar surface area (TPSA) is 120 Å². The molecule has 0 atom stereocenters. The average Bonchev–Trinajstić information content (AvgIpc) is 2.80. The van der Waals surface area contributed by atoms with Crippen LogP contribution in [-0.4, -0.2) is 43.8 Å². The van der Waals surface area contributed by atoms with Gasteiger partial charge in [0.2, 0.25) is 0 Å². The van der Waals surface area contributed by atoms with E-state index >= 15 is 0 Å². The van der Waals surface area contributed by atoms with Crippen LogP contribution in [0.5, 0.6) is 17.2 Å². The molecule has 32 heavy (non-hydrogen) atoms. The first-order chi connectivity index (χ1) is 15.4. The Balaban J connectivity index is 1.99. The molecule has 0 amide bonds. The molecule has 11 heteroatoms. The highest BCUT2D eigenvalue weighted by atomic mass is 35.5. The molecule has 0 unspecified atom stereocenters. The molecule has 3 aromatic rings. The molecule has 0 fully saturated rings. The van der Waals surface area contributed by atoms with E-state index < -0.39 is 10.0 Å². The lowest BCUT2D eigenvalue weighted by molar-refractivity contribution is 0.100. The van der Waals surface area contributed by atoms with Crippen LogP contribution in [0.15, 0.2) is 59.8 Å². The number of benzene rings is 2. The summed E-state index contributed by atoms with van der Waals surface area (Å²) >= 11 is 6.26. The number of hydrogen-bond acceptors (Lipinski definition) is 8. The number of hydrogen-bond donors (Lipinski definition) is 2. The zero-order valence-corrected chi connectivity index (χ0v) is 18.8. The predicted octanol–water partition coefficient (Wildman–Crippen LogP) is 3.63. The number of aliphatic hydroxyl groups is 1. The number of aromatic nitrogens is 2. The molecular weight excluding hydrogens is 458 g/mol. The highest BCUT2D eigenvalue weighted by Gasteiger charge is 2.22. The molecule has 9 nitrogen and oxygen atoms in total. The van der Waals surface area contributed by atoms with E-state index in [0.29, 0.717) is 17.9 Å². The van der Waals surface area contributed by atoms with Gasteiger partial charge in [-0.05, 0) is 30.7 Å². The molecule has 1 aromatic heterocycles. The summed E-state index contributed by atoms with van der Waals surface area (Å²) in [6, 6.07) is 12.7. The van der Waals surface area contributed by atoms with Gasteiger partial charge in [-0.1, -0.05) is 29.8 Å². The van der Waals surface area contributed by atoms with Crippen molar-refractivity contribution in [1.29, 1.82) is 0 Å². The molecule has 0 saturated carbocycles. The maximum Gasteiger partial charge on any atom is 0.263 e. The molecule has 0 spiro atoms. The van der Waals surface area contributed by atoms with E-state index in [1.54, 1.807) is 36.4 Å². The maximum absolute atomic E-state index is 12.9. The zero-order valence-electron chi connectivity index (χ0n) is 17.2. The Labute approximate surface area is 191 Å². The van der Waals surface area contributed by atoms with Crippen LogP contribution in [0.1, 0.15) is 12.1 Å². The number of methoxy groups -OCH3 is 1. The van der Waals surface area contributed by atoms with Crippen LogP contribution in [0.3, 0.4) is 0 Å². The lowest BCUT2D eigenvalue weighted by atomic mass is 10.3. The van der Waals surface area contributed by atoms with Gasteiger partial charge in [-0.3, -0.25) is 4.72 Å². The van der Waals surface area contributed by atoms with Crippen molar-refractivity contribution in [1.82, 2.24) is 9.97 Å². The fraction of sp³-hybridized carbons (Fsp3) is 0.238. The lowest BCUT2D eigenvalue weighted by Crippen LogP contribution is -2.16. The van der Waals surface area contributed by atoms with Crippen molar-refractivity contribution < 1.29 is 27.7 Å². The summed E-state index contributed by atoms with van der Waals surface area (Å²) in [5.74, 6) is 0.667. The molecule has 2 aromatic carbocycles. The van der Waals surface area contributed by atoms with Gasteiger partial charge in [-0.2, -0.15) is 0 Å². The minimum atomic E-state index is -3.95. The van der Waals surface area contributed by atoms with Gasteiger partial charge in [0, 0.05) is 19.3 Å². The average molecular weight is 480 g/mol. The van der Waals surface area contributed by atoms with E-state index in [-0.39, 0.29) is 47.1 Å². The third-order valence-corrected chi connectivity index (χ3v) is 5.87. The second-order valence-electron chi connectivity index (χ2n) is 6.44. The summed E-state index contributed by atoms with van der Waals surface area (Å²) in [6.07, 6.45) is 1.64. The van der Waals surface area contributed by atoms with E-state index in [4.69, 9.17) is 30.9 Å². The smallest absolute Gasteiger partial charge is 0.263 e. The van der Waals surface area contributed by atoms with E-state index in [1.165, 1.54) is 25.6 Å². The van der Waals surface area contributed by atoms with Gasteiger partial charge in [0.25, 0.3) is 10.0 Å². The molecule has 0 saturated heterocycles. The minimum Gasteiger partial charge on any atom is -0.497 e. The normalized spacial score (nSPS) is 11.2. The number of halogens is 1. The van der Waals surface area contributed by atoms with Gasteiger partial charge >= 0.3 is 0 Å². The molecule has 3 rings (SSSR count). The van der Waals surface area contributed by atoms with Crippen LogP contribution in [0.2, 0.25) is 5.02 Å². The fourth-order valence-electron chi connectivity index (χ4n) is 2.61.